The molecule has 29 heavy (non-hydrogen) atoms. The van der Waals surface area contributed by atoms with Crippen LogP contribution in [-0.4, -0.2) is 54.7 Å². The van der Waals surface area contributed by atoms with Crippen molar-refractivity contribution >= 4 is 16.9 Å². The van der Waals surface area contributed by atoms with Gasteiger partial charge in [-0.15, -0.1) is 0 Å². The lowest BCUT2D eigenvalue weighted by Crippen LogP contribution is -2.49. The van der Waals surface area contributed by atoms with Gasteiger partial charge < -0.3 is 19.9 Å². The molecule has 2 saturated heterocycles. The number of likely N-dealkylation sites (tertiary alicyclic amines) is 1. The number of carbonyl (C=O) groups is 1. The van der Waals surface area contributed by atoms with E-state index >= 15 is 0 Å². The van der Waals surface area contributed by atoms with Gasteiger partial charge in [0.25, 0.3) is 0 Å². The van der Waals surface area contributed by atoms with Crippen LogP contribution in [-0.2, 0) is 16.0 Å². The van der Waals surface area contributed by atoms with Crippen LogP contribution in [0, 0.1) is 5.92 Å². The van der Waals surface area contributed by atoms with Crippen LogP contribution in [0.4, 0.5) is 0 Å². The number of rotatable bonds is 3. The molecule has 5 nitrogen and oxygen atoms in total. The summed E-state index contributed by atoms with van der Waals surface area (Å²) in [4.78, 5) is 18.6. The van der Waals surface area contributed by atoms with Gasteiger partial charge >= 0.3 is 5.97 Å². The number of esters is 1. The minimum atomic E-state index is -0.116. The Morgan fingerprint density at radius 1 is 1.24 bits per heavy atom. The predicted molar refractivity (Wildman–Crippen MR) is 115 cm³/mol. The summed E-state index contributed by atoms with van der Waals surface area (Å²) in [6, 6.07) is 7.08. The minimum absolute atomic E-state index is 0.0460. The first kappa shape index (κ1) is 19.1. The number of carbonyl (C=O) groups excluding carboxylic acids is 1. The fourth-order valence-electron chi connectivity index (χ4n) is 5.88. The van der Waals surface area contributed by atoms with Crippen molar-refractivity contribution in [2.75, 3.05) is 26.7 Å². The second-order valence-electron chi connectivity index (χ2n) is 9.34. The van der Waals surface area contributed by atoms with Crippen molar-refractivity contribution in [1.29, 1.82) is 0 Å². The molecule has 0 saturated carbocycles. The predicted octanol–water partition coefficient (Wildman–Crippen LogP) is 3.59. The first-order chi connectivity index (χ1) is 14.2. The Balaban J connectivity index is 1.26. The van der Waals surface area contributed by atoms with E-state index in [0.29, 0.717) is 24.5 Å². The van der Waals surface area contributed by atoms with E-state index in [2.05, 4.69) is 46.6 Å². The van der Waals surface area contributed by atoms with Gasteiger partial charge in [-0.05, 0) is 56.5 Å². The molecule has 0 amide bonds. The molecule has 0 spiro atoms. The maximum atomic E-state index is 12.7. The number of piperidine rings is 1. The van der Waals surface area contributed by atoms with Gasteiger partial charge in [0.15, 0.2) is 0 Å². The first-order valence-electron chi connectivity index (χ1n) is 11.4. The number of benzene rings is 1. The van der Waals surface area contributed by atoms with Crippen LogP contribution >= 0.6 is 0 Å². The standard InChI is InChI=1S/C24H33N3O2/c1-27-14-16(15-29-24(28)21-8-4-2-3-5-10-25-21)11-19-18-7-6-9-20-23(18)17(13-26-20)12-22(19)27/h6-7,9,13,16,19,21-22,25-26H,2-5,8,10-12,14-15H2,1H3/t16-,19?,21?,22-/m1/s1. The molecule has 0 radical (unpaired) electrons. The summed E-state index contributed by atoms with van der Waals surface area (Å²) in [6.07, 6.45) is 10.1. The zero-order valence-corrected chi connectivity index (χ0v) is 17.5. The highest BCUT2D eigenvalue weighted by molar-refractivity contribution is 5.88. The van der Waals surface area contributed by atoms with Crippen molar-refractivity contribution in [1.82, 2.24) is 15.2 Å². The quantitative estimate of drug-likeness (QED) is 0.780. The molecule has 1 aliphatic carbocycles. The molecule has 2 aliphatic heterocycles. The molecular weight excluding hydrogens is 362 g/mol. The fraction of sp³-hybridized carbons (Fsp3) is 0.625. The number of likely N-dealkylation sites (N-methyl/N-ethyl adjacent to an activating group) is 1. The van der Waals surface area contributed by atoms with Crippen molar-refractivity contribution < 1.29 is 9.53 Å². The lowest BCUT2D eigenvalue weighted by molar-refractivity contribution is -0.148. The highest BCUT2D eigenvalue weighted by atomic mass is 16.5. The molecule has 2 N–H and O–H groups in total. The zero-order chi connectivity index (χ0) is 19.8. The molecule has 5 heteroatoms. The molecule has 1 aromatic carbocycles. The molecule has 2 aromatic rings. The topological polar surface area (TPSA) is 57.4 Å². The Morgan fingerprint density at radius 2 is 2.14 bits per heavy atom. The number of ether oxygens (including phenoxy) is 1. The van der Waals surface area contributed by atoms with Gasteiger partial charge in [0, 0.05) is 41.5 Å². The van der Waals surface area contributed by atoms with E-state index in [0.717, 1.165) is 45.2 Å². The van der Waals surface area contributed by atoms with Crippen molar-refractivity contribution in [2.45, 2.75) is 62.9 Å². The average Bonchev–Trinajstić information content (AvgIpc) is 3.11. The number of aromatic amines is 1. The van der Waals surface area contributed by atoms with E-state index in [4.69, 9.17) is 4.74 Å². The Labute approximate surface area is 173 Å². The molecule has 3 aliphatic rings. The minimum Gasteiger partial charge on any atom is -0.464 e. The van der Waals surface area contributed by atoms with Crippen molar-refractivity contribution in [3.05, 3.63) is 35.5 Å². The van der Waals surface area contributed by atoms with Gasteiger partial charge in [0.05, 0.1) is 6.61 Å². The fourth-order valence-corrected chi connectivity index (χ4v) is 5.88. The second-order valence-corrected chi connectivity index (χ2v) is 9.34. The summed E-state index contributed by atoms with van der Waals surface area (Å²) in [5, 5.41) is 4.83. The Bertz CT molecular complexity index is 868. The van der Waals surface area contributed by atoms with Gasteiger partial charge in [-0.2, -0.15) is 0 Å². The lowest BCUT2D eigenvalue weighted by atomic mass is 9.72. The number of H-pyrrole nitrogens is 1. The third kappa shape index (κ3) is 3.71. The van der Waals surface area contributed by atoms with Crippen molar-refractivity contribution in [2.24, 2.45) is 5.92 Å². The van der Waals surface area contributed by atoms with E-state index in [9.17, 15) is 4.79 Å². The number of nitrogens with zero attached hydrogens (tertiary/aromatic N) is 1. The largest absolute Gasteiger partial charge is 0.464 e. The molecule has 2 unspecified atom stereocenters. The van der Waals surface area contributed by atoms with E-state index < -0.39 is 0 Å². The molecule has 1 aromatic heterocycles. The highest BCUT2D eigenvalue weighted by Crippen LogP contribution is 2.44. The van der Waals surface area contributed by atoms with Crippen LogP contribution in [0.2, 0.25) is 0 Å². The van der Waals surface area contributed by atoms with Gasteiger partial charge in [-0.1, -0.05) is 31.4 Å². The highest BCUT2D eigenvalue weighted by Gasteiger charge is 2.39. The molecule has 4 atom stereocenters. The number of hydrogen-bond acceptors (Lipinski definition) is 4. The van der Waals surface area contributed by atoms with E-state index in [1.165, 1.54) is 34.9 Å². The number of fused-ring (bicyclic) bond motifs is 2. The third-order valence-corrected chi connectivity index (χ3v) is 7.37. The van der Waals surface area contributed by atoms with Gasteiger partial charge in [-0.3, -0.25) is 4.79 Å². The molecule has 5 rings (SSSR count). The van der Waals surface area contributed by atoms with Crippen LogP contribution in [0.1, 0.15) is 55.6 Å². The summed E-state index contributed by atoms with van der Waals surface area (Å²) < 4.78 is 5.84. The molecule has 156 valence electrons. The van der Waals surface area contributed by atoms with Gasteiger partial charge in [0.1, 0.15) is 6.04 Å². The van der Waals surface area contributed by atoms with E-state index in [1.807, 2.05) is 0 Å². The number of aromatic nitrogens is 1. The first-order valence-corrected chi connectivity index (χ1v) is 11.4. The second kappa shape index (κ2) is 8.11. The zero-order valence-electron chi connectivity index (χ0n) is 17.5. The van der Waals surface area contributed by atoms with E-state index in [-0.39, 0.29) is 12.0 Å². The Hall–Kier alpha value is -1.85. The number of nitrogens with one attached hydrogen (secondary N) is 2. The average molecular weight is 396 g/mol. The van der Waals surface area contributed by atoms with Gasteiger partial charge in [0.2, 0.25) is 0 Å². The van der Waals surface area contributed by atoms with Crippen molar-refractivity contribution in [3.8, 4) is 0 Å². The van der Waals surface area contributed by atoms with Gasteiger partial charge in [-0.25, -0.2) is 0 Å². The van der Waals surface area contributed by atoms with Crippen LogP contribution in [0.25, 0.3) is 10.9 Å². The molecular formula is C24H33N3O2. The van der Waals surface area contributed by atoms with Crippen LogP contribution < -0.4 is 5.32 Å². The SMILES string of the molecule is CN1C[C@H](COC(=O)C2CCCCCCN2)CC2c3cccc4[nH]cc(c34)C[C@H]21. The summed E-state index contributed by atoms with van der Waals surface area (Å²) in [5.74, 6) is 0.869. The summed E-state index contributed by atoms with van der Waals surface area (Å²) >= 11 is 0. The van der Waals surface area contributed by atoms with Crippen LogP contribution in [0.15, 0.2) is 24.4 Å². The maximum Gasteiger partial charge on any atom is 0.323 e. The molecule has 3 heterocycles. The van der Waals surface area contributed by atoms with Crippen LogP contribution in [0.5, 0.6) is 0 Å². The summed E-state index contributed by atoms with van der Waals surface area (Å²) in [7, 11) is 2.24. The number of hydrogen-bond donors (Lipinski definition) is 2. The lowest BCUT2D eigenvalue weighted by Gasteiger charge is -2.45. The monoisotopic (exact) mass is 395 g/mol. The maximum absolute atomic E-state index is 12.7. The van der Waals surface area contributed by atoms with E-state index in [1.54, 1.807) is 0 Å². The smallest absolute Gasteiger partial charge is 0.323 e. The van der Waals surface area contributed by atoms with Crippen molar-refractivity contribution in [3.63, 3.8) is 0 Å². The van der Waals surface area contributed by atoms with Crippen LogP contribution in [0.3, 0.4) is 0 Å². The normalized spacial score (nSPS) is 30.4. The molecule has 0 bridgehead atoms. The Morgan fingerprint density at radius 3 is 3.07 bits per heavy atom. The third-order valence-electron chi connectivity index (χ3n) is 7.37. The summed E-state index contributed by atoms with van der Waals surface area (Å²) in [6.45, 7) is 2.47. The summed E-state index contributed by atoms with van der Waals surface area (Å²) in [5.41, 5.74) is 4.17. The molecule has 2 fully saturated rings. The Kier molecular flexibility index (Phi) is 5.35.